The molecular weight excluding hydrogens is 448 g/mol. The number of aromatic nitrogens is 2. The summed E-state index contributed by atoms with van der Waals surface area (Å²) in [4.78, 5) is 4.82. The Morgan fingerprint density at radius 1 is 0.568 bits per heavy atom. The number of hydrogen-bond acceptors (Lipinski definition) is 1. The Hall–Kier alpha value is -4.95. The smallest absolute Gasteiger partial charge is 0.136 e. The Morgan fingerprint density at radius 2 is 1.16 bits per heavy atom. The quantitative estimate of drug-likeness (QED) is 0.233. The minimum atomic E-state index is 0.783. The van der Waals surface area contributed by atoms with Crippen LogP contribution in [0.25, 0.3) is 77.8 Å². The van der Waals surface area contributed by atoms with Crippen LogP contribution in [0.15, 0.2) is 122 Å². The molecule has 0 amide bonds. The van der Waals surface area contributed by atoms with E-state index < -0.39 is 0 Å². The maximum Gasteiger partial charge on any atom is 0.136 e. The van der Waals surface area contributed by atoms with Crippen molar-refractivity contribution < 1.29 is 0 Å². The first kappa shape index (κ1) is 21.3. The van der Waals surface area contributed by atoms with Crippen molar-refractivity contribution >= 4 is 55.4 Å². The average Bonchev–Trinajstić information content (AvgIpc) is 3.39. The van der Waals surface area contributed by atoms with Crippen molar-refractivity contribution in [2.45, 2.75) is 0 Å². The summed E-state index contributed by atoms with van der Waals surface area (Å²) in [6.07, 6.45) is 5.53. The third kappa shape index (κ3) is 3.23. The van der Waals surface area contributed by atoms with E-state index >= 15 is 0 Å². The summed E-state index contributed by atoms with van der Waals surface area (Å²) >= 11 is 0. The highest BCUT2D eigenvalue weighted by Crippen LogP contribution is 2.42. The molecule has 0 fully saturated rings. The fraction of sp³-hybridized carbons (Fsp3) is 0. The van der Waals surface area contributed by atoms with Gasteiger partial charge in [-0.15, -0.1) is 0 Å². The SMILES string of the molecule is C=Cc1nc(-c2ccc(-c3cc4ccc5ccccc5c4c4ccccc34)c3ccccc23)cn1C=C. The van der Waals surface area contributed by atoms with Gasteiger partial charge in [-0.05, 0) is 66.4 Å². The molecule has 2 heteroatoms. The largest absolute Gasteiger partial charge is 0.307 e. The highest BCUT2D eigenvalue weighted by atomic mass is 15.0. The highest BCUT2D eigenvalue weighted by Gasteiger charge is 2.16. The van der Waals surface area contributed by atoms with E-state index in [1.54, 1.807) is 12.3 Å². The third-order valence-corrected chi connectivity index (χ3v) is 7.38. The van der Waals surface area contributed by atoms with Crippen LogP contribution in [0.2, 0.25) is 0 Å². The average molecular weight is 473 g/mol. The molecule has 6 aromatic carbocycles. The van der Waals surface area contributed by atoms with Crippen molar-refractivity contribution in [3.8, 4) is 22.4 Å². The van der Waals surface area contributed by atoms with Crippen LogP contribution < -0.4 is 0 Å². The van der Waals surface area contributed by atoms with Crippen LogP contribution in [0.4, 0.5) is 0 Å². The summed E-state index contributed by atoms with van der Waals surface area (Å²) in [6, 6.07) is 37.3. The Kier molecular flexibility index (Phi) is 4.80. The van der Waals surface area contributed by atoms with Crippen molar-refractivity contribution in [3.63, 3.8) is 0 Å². The van der Waals surface area contributed by atoms with Gasteiger partial charge in [0.05, 0.1) is 5.69 Å². The Balaban J connectivity index is 1.54. The van der Waals surface area contributed by atoms with Crippen LogP contribution in [-0.2, 0) is 0 Å². The first-order valence-corrected chi connectivity index (χ1v) is 12.5. The standard InChI is InChI=1S/C35H24N2/c1-3-34-36-33(22-37(34)4-2)30-20-19-29(26-13-7-8-14-27(26)30)32-21-24-18-17-23-11-5-6-12-25(23)35(24)31-16-10-9-15-28(31)32/h3-22H,1-2H2. The molecule has 0 bridgehead atoms. The number of nitrogens with zero attached hydrogens (tertiary/aromatic N) is 2. The van der Waals surface area contributed by atoms with Crippen molar-refractivity contribution in [3.05, 3.63) is 128 Å². The Bertz CT molecular complexity index is 2000. The normalized spacial score (nSPS) is 11.5. The second kappa shape index (κ2) is 8.32. The molecule has 37 heavy (non-hydrogen) atoms. The van der Waals surface area contributed by atoms with Gasteiger partial charge in [-0.25, -0.2) is 4.98 Å². The summed E-state index contributed by atoms with van der Waals surface area (Å²) in [6.45, 7) is 7.81. The topological polar surface area (TPSA) is 17.8 Å². The molecule has 0 atom stereocenters. The van der Waals surface area contributed by atoms with Gasteiger partial charge in [0.1, 0.15) is 5.82 Å². The van der Waals surface area contributed by atoms with Gasteiger partial charge in [0, 0.05) is 18.0 Å². The van der Waals surface area contributed by atoms with Gasteiger partial charge in [0.25, 0.3) is 0 Å². The van der Waals surface area contributed by atoms with Crippen LogP contribution in [0.1, 0.15) is 5.82 Å². The van der Waals surface area contributed by atoms with Crippen LogP contribution in [0.3, 0.4) is 0 Å². The minimum Gasteiger partial charge on any atom is -0.307 e. The lowest BCUT2D eigenvalue weighted by Gasteiger charge is -2.16. The monoisotopic (exact) mass is 472 g/mol. The summed E-state index contributed by atoms with van der Waals surface area (Å²) < 4.78 is 1.91. The molecule has 0 unspecified atom stereocenters. The molecule has 0 spiro atoms. The van der Waals surface area contributed by atoms with E-state index in [9.17, 15) is 0 Å². The van der Waals surface area contributed by atoms with Crippen LogP contribution in [-0.4, -0.2) is 9.55 Å². The predicted molar refractivity (Wildman–Crippen MR) is 160 cm³/mol. The molecule has 7 aromatic rings. The first-order valence-electron chi connectivity index (χ1n) is 12.5. The fourth-order valence-corrected chi connectivity index (χ4v) is 5.69. The molecule has 0 saturated carbocycles. The van der Waals surface area contributed by atoms with Gasteiger partial charge < -0.3 is 4.57 Å². The Morgan fingerprint density at radius 3 is 1.86 bits per heavy atom. The number of fused-ring (bicyclic) bond motifs is 6. The maximum atomic E-state index is 4.82. The lowest BCUT2D eigenvalue weighted by atomic mass is 9.88. The predicted octanol–water partition coefficient (Wildman–Crippen LogP) is 9.57. The molecule has 0 saturated heterocycles. The van der Waals surface area contributed by atoms with Gasteiger partial charge in [-0.3, -0.25) is 0 Å². The minimum absolute atomic E-state index is 0.783. The first-order chi connectivity index (χ1) is 18.3. The zero-order valence-corrected chi connectivity index (χ0v) is 20.4. The maximum absolute atomic E-state index is 4.82. The van der Waals surface area contributed by atoms with Gasteiger partial charge in [0.15, 0.2) is 0 Å². The molecule has 2 nitrogen and oxygen atoms in total. The van der Waals surface area contributed by atoms with E-state index in [1.165, 1.54) is 54.2 Å². The second-order valence-electron chi connectivity index (χ2n) is 9.34. The lowest BCUT2D eigenvalue weighted by molar-refractivity contribution is 1.11. The molecule has 7 rings (SSSR count). The van der Waals surface area contributed by atoms with Crippen molar-refractivity contribution in [1.29, 1.82) is 0 Å². The van der Waals surface area contributed by atoms with E-state index in [-0.39, 0.29) is 0 Å². The van der Waals surface area contributed by atoms with Crippen molar-refractivity contribution in [2.24, 2.45) is 0 Å². The molecule has 0 N–H and O–H groups in total. The molecule has 174 valence electrons. The van der Waals surface area contributed by atoms with E-state index in [1.807, 2.05) is 10.8 Å². The number of rotatable bonds is 4. The summed E-state index contributed by atoms with van der Waals surface area (Å²) in [7, 11) is 0. The lowest BCUT2D eigenvalue weighted by Crippen LogP contribution is -1.89. The number of imidazole rings is 1. The Labute approximate surface area is 215 Å². The van der Waals surface area contributed by atoms with Gasteiger partial charge in [-0.1, -0.05) is 110 Å². The number of benzene rings is 6. The molecule has 0 aliphatic carbocycles. The van der Waals surface area contributed by atoms with E-state index in [2.05, 4.69) is 116 Å². The zero-order chi connectivity index (χ0) is 24.9. The van der Waals surface area contributed by atoms with Crippen molar-refractivity contribution in [2.75, 3.05) is 0 Å². The summed E-state index contributed by atoms with van der Waals surface area (Å²) in [5.41, 5.74) is 4.47. The molecular formula is C35H24N2. The molecule has 0 aliphatic rings. The van der Waals surface area contributed by atoms with Crippen molar-refractivity contribution in [1.82, 2.24) is 9.55 Å². The second-order valence-corrected chi connectivity index (χ2v) is 9.34. The van der Waals surface area contributed by atoms with Crippen LogP contribution in [0.5, 0.6) is 0 Å². The number of hydrogen-bond donors (Lipinski definition) is 0. The third-order valence-electron chi connectivity index (χ3n) is 7.38. The molecule has 0 radical (unpaired) electrons. The molecule has 0 aliphatic heterocycles. The molecule has 1 heterocycles. The van der Waals surface area contributed by atoms with E-state index in [4.69, 9.17) is 4.98 Å². The zero-order valence-electron chi connectivity index (χ0n) is 20.4. The van der Waals surface area contributed by atoms with E-state index in [0.717, 1.165) is 17.1 Å². The van der Waals surface area contributed by atoms with Gasteiger partial charge >= 0.3 is 0 Å². The van der Waals surface area contributed by atoms with Crippen LogP contribution in [0, 0.1) is 0 Å². The fourth-order valence-electron chi connectivity index (χ4n) is 5.69. The van der Waals surface area contributed by atoms with Crippen LogP contribution >= 0.6 is 0 Å². The highest BCUT2D eigenvalue weighted by molar-refractivity contribution is 6.24. The van der Waals surface area contributed by atoms with E-state index in [0.29, 0.717) is 0 Å². The van der Waals surface area contributed by atoms with Gasteiger partial charge in [0.2, 0.25) is 0 Å². The molecule has 1 aromatic heterocycles. The van der Waals surface area contributed by atoms with Gasteiger partial charge in [-0.2, -0.15) is 0 Å². The summed E-state index contributed by atoms with van der Waals surface area (Å²) in [5, 5.41) is 10.0. The summed E-state index contributed by atoms with van der Waals surface area (Å²) in [5.74, 6) is 0.783.